The molecule has 3 rings (SSSR count). The van der Waals surface area contributed by atoms with Gasteiger partial charge in [-0.15, -0.1) is 5.06 Å². The Bertz CT molecular complexity index is 505. The molecular formula is C13H15N3O3. The SMILES string of the molecule is O=C1NC2NC(c3ccccc3)CCC2C(=O)N1O. The fourth-order valence-electron chi connectivity index (χ4n) is 2.74. The highest BCUT2D eigenvalue weighted by atomic mass is 16.5. The van der Waals surface area contributed by atoms with Crippen LogP contribution in [0.15, 0.2) is 30.3 Å². The fraction of sp³-hybridized carbons (Fsp3) is 0.385. The van der Waals surface area contributed by atoms with Crippen molar-refractivity contribution in [1.82, 2.24) is 15.7 Å². The van der Waals surface area contributed by atoms with Gasteiger partial charge in [0, 0.05) is 6.04 Å². The molecule has 100 valence electrons. The number of benzene rings is 1. The molecule has 19 heavy (non-hydrogen) atoms. The van der Waals surface area contributed by atoms with Crippen LogP contribution in [0.2, 0.25) is 0 Å². The van der Waals surface area contributed by atoms with Gasteiger partial charge in [-0.05, 0) is 18.4 Å². The predicted molar refractivity (Wildman–Crippen MR) is 66.0 cm³/mol. The number of imide groups is 1. The fourth-order valence-corrected chi connectivity index (χ4v) is 2.74. The summed E-state index contributed by atoms with van der Waals surface area (Å²) in [5.41, 5.74) is 1.13. The number of fused-ring (bicyclic) bond motifs is 1. The predicted octanol–water partition coefficient (Wildman–Crippen LogP) is 0.994. The third-order valence-electron chi connectivity index (χ3n) is 3.75. The van der Waals surface area contributed by atoms with E-state index in [0.29, 0.717) is 6.42 Å². The normalized spacial score (nSPS) is 30.8. The standard InChI is InChI=1S/C13H15N3O3/c17-12-9-6-7-10(8-4-2-1-3-5-8)14-11(9)15-13(18)16(12)19/h1-5,9-11,14,19H,6-7H2,(H,15,18). The van der Waals surface area contributed by atoms with Gasteiger partial charge >= 0.3 is 6.03 Å². The van der Waals surface area contributed by atoms with Crippen molar-refractivity contribution in [3.8, 4) is 0 Å². The molecule has 3 unspecified atom stereocenters. The Kier molecular flexibility index (Phi) is 2.96. The van der Waals surface area contributed by atoms with E-state index >= 15 is 0 Å². The maximum absolute atomic E-state index is 11.8. The van der Waals surface area contributed by atoms with Crippen LogP contribution in [0.25, 0.3) is 0 Å². The van der Waals surface area contributed by atoms with Gasteiger partial charge in [-0.1, -0.05) is 30.3 Å². The number of amides is 3. The van der Waals surface area contributed by atoms with E-state index in [4.69, 9.17) is 0 Å². The molecule has 2 aliphatic heterocycles. The number of nitrogens with zero attached hydrogens (tertiary/aromatic N) is 1. The third-order valence-corrected chi connectivity index (χ3v) is 3.75. The molecule has 2 aliphatic rings. The summed E-state index contributed by atoms with van der Waals surface area (Å²) in [6.07, 6.45) is 1.01. The number of hydrogen-bond donors (Lipinski definition) is 3. The minimum Gasteiger partial charge on any atom is -0.320 e. The second-order valence-electron chi connectivity index (χ2n) is 4.89. The molecule has 0 spiro atoms. The number of hydrogen-bond acceptors (Lipinski definition) is 4. The van der Waals surface area contributed by atoms with E-state index in [2.05, 4.69) is 10.6 Å². The zero-order valence-electron chi connectivity index (χ0n) is 10.2. The highest BCUT2D eigenvalue weighted by Gasteiger charge is 2.44. The topological polar surface area (TPSA) is 81.7 Å². The zero-order valence-corrected chi connectivity index (χ0v) is 10.2. The van der Waals surface area contributed by atoms with Crippen LogP contribution < -0.4 is 10.6 Å². The molecule has 6 nitrogen and oxygen atoms in total. The molecule has 6 heteroatoms. The molecule has 1 aromatic rings. The van der Waals surface area contributed by atoms with Gasteiger partial charge in [0.15, 0.2) is 0 Å². The third kappa shape index (κ3) is 2.09. The second-order valence-corrected chi connectivity index (χ2v) is 4.89. The average Bonchev–Trinajstić information content (AvgIpc) is 2.45. The molecule has 2 fully saturated rings. The van der Waals surface area contributed by atoms with Gasteiger partial charge in [-0.2, -0.15) is 0 Å². The van der Waals surface area contributed by atoms with E-state index in [-0.39, 0.29) is 11.1 Å². The zero-order chi connectivity index (χ0) is 13.4. The van der Waals surface area contributed by atoms with Crippen molar-refractivity contribution in [2.75, 3.05) is 0 Å². The van der Waals surface area contributed by atoms with Crippen LogP contribution in [0, 0.1) is 5.92 Å². The summed E-state index contributed by atoms with van der Waals surface area (Å²) in [4.78, 5) is 23.2. The molecule has 3 atom stereocenters. The maximum atomic E-state index is 11.8. The number of nitrogens with one attached hydrogen (secondary N) is 2. The summed E-state index contributed by atoms with van der Waals surface area (Å²) < 4.78 is 0. The summed E-state index contributed by atoms with van der Waals surface area (Å²) in [6, 6.07) is 9.25. The van der Waals surface area contributed by atoms with Gasteiger partial charge in [0.25, 0.3) is 5.91 Å². The maximum Gasteiger partial charge on any atom is 0.349 e. The highest BCUT2D eigenvalue weighted by molar-refractivity contribution is 5.97. The smallest absolute Gasteiger partial charge is 0.320 e. The summed E-state index contributed by atoms with van der Waals surface area (Å²) in [5.74, 6) is -0.935. The first-order valence-corrected chi connectivity index (χ1v) is 6.31. The first-order chi connectivity index (χ1) is 9.16. The van der Waals surface area contributed by atoms with Gasteiger partial charge in [0.2, 0.25) is 0 Å². The van der Waals surface area contributed by atoms with E-state index < -0.39 is 24.0 Å². The van der Waals surface area contributed by atoms with E-state index in [1.165, 1.54) is 0 Å². The Hall–Kier alpha value is -1.92. The minimum absolute atomic E-state index is 0.112. The molecule has 1 aromatic carbocycles. The highest BCUT2D eigenvalue weighted by Crippen LogP contribution is 2.30. The molecule has 2 saturated heterocycles. The Morgan fingerprint density at radius 2 is 1.89 bits per heavy atom. The first kappa shape index (κ1) is 12.1. The van der Waals surface area contributed by atoms with Crippen LogP contribution in [0.3, 0.4) is 0 Å². The largest absolute Gasteiger partial charge is 0.349 e. The summed E-state index contributed by atoms with van der Waals surface area (Å²) >= 11 is 0. The van der Waals surface area contributed by atoms with Crippen LogP contribution >= 0.6 is 0 Å². The van der Waals surface area contributed by atoms with E-state index in [9.17, 15) is 14.8 Å². The van der Waals surface area contributed by atoms with Crippen LogP contribution in [0.1, 0.15) is 24.4 Å². The van der Waals surface area contributed by atoms with E-state index in [1.54, 1.807) is 0 Å². The van der Waals surface area contributed by atoms with Gasteiger partial charge in [-0.25, -0.2) is 4.79 Å². The number of carbonyl (C=O) groups excluding carboxylic acids is 2. The van der Waals surface area contributed by atoms with Gasteiger partial charge in [0.1, 0.15) is 0 Å². The monoisotopic (exact) mass is 261 g/mol. The first-order valence-electron chi connectivity index (χ1n) is 6.31. The van der Waals surface area contributed by atoms with Crippen molar-refractivity contribution in [1.29, 1.82) is 0 Å². The minimum atomic E-state index is -0.771. The molecule has 2 heterocycles. The molecule has 0 aromatic heterocycles. The number of piperidine rings is 1. The Morgan fingerprint density at radius 3 is 2.63 bits per heavy atom. The average molecular weight is 261 g/mol. The van der Waals surface area contributed by atoms with Crippen molar-refractivity contribution in [3.63, 3.8) is 0 Å². The lowest BCUT2D eigenvalue weighted by Crippen LogP contribution is -2.65. The molecule has 0 aliphatic carbocycles. The lowest BCUT2D eigenvalue weighted by molar-refractivity contribution is -0.164. The van der Waals surface area contributed by atoms with Crippen molar-refractivity contribution in [2.24, 2.45) is 5.92 Å². The van der Waals surface area contributed by atoms with Crippen LogP contribution in [-0.2, 0) is 4.79 Å². The Morgan fingerprint density at radius 1 is 1.16 bits per heavy atom. The summed E-state index contributed by atoms with van der Waals surface area (Å²) in [5, 5.41) is 15.4. The van der Waals surface area contributed by atoms with Gasteiger partial charge < -0.3 is 5.32 Å². The van der Waals surface area contributed by atoms with Crippen molar-refractivity contribution < 1.29 is 14.8 Å². The van der Waals surface area contributed by atoms with Gasteiger partial charge in [-0.3, -0.25) is 15.3 Å². The number of rotatable bonds is 1. The molecule has 3 amide bonds. The molecule has 3 N–H and O–H groups in total. The lowest BCUT2D eigenvalue weighted by Gasteiger charge is -2.41. The van der Waals surface area contributed by atoms with Crippen LogP contribution in [0.5, 0.6) is 0 Å². The molecule has 0 bridgehead atoms. The number of carbonyl (C=O) groups is 2. The summed E-state index contributed by atoms with van der Waals surface area (Å²) in [7, 11) is 0. The second kappa shape index (κ2) is 4.64. The van der Waals surface area contributed by atoms with Gasteiger partial charge in [0.05, 0.1) is 12.1 Å². The lowest BCUT2D eigenvalue weighted by atomic mass is 9.87. The van der Waals surface area contributed by atoms with Crippen molar-refractivity contribution in [3.05, 3.63) is 35.9 Å². The Labute approximate surface area is 110 Å². The number of hydroxylamine groups is 2. The summed E-state index contributed by atoms with van der Waals surface area (Å²) in [6.45, 7) is 0. The van der Waals surface area contributed by atoms with Crippen molar-refractivity contribution in [2.45, 2.75) is 25.0 Å². The van der Waals surface area contributed by atoms with E-state index in [0.717, 1.165) is 12.0 Å². The molecule has 0 radical (unpaired) electrons. The van der Waals surface area contributed by atoms with E-state index in [1.807, 2.05) is 30.3 Å². The number of urea groups is 1. The van der Waals surface area contributed by atoms with Crippen LogP contribution in [-0.4, -0.2) is 28.4 Å². The molecule has 0 saturated carbocycles. The van der Waals surface area contributed by atoms with Crippen LogP contribution in [0.4, 0.5) is 4.79 Å². The molecular weight excluding hydrogens is 246 g/mol. The quantitative estimate of drug-likeness (QED) is 0.659. The van der Waals surface area contributed by atoms with Crippen molar-refractivity contribution >= 4 is 11.9 Å². The Balaban J connectivity index is 1.77.